The van der Waals surface area contributed by atoms with Crippen molar-refractivity contribution in [1.82, 2.24) is 4.90 Å². The van der Waals surface area contributed by atoms with Gasteiger partial charge in [-0.05, 0) is 36.6 Å². The molecule has 1 heterocycles. The number of rotatable bonds is 15. The number of unbranched alkanes of at least 4 members (excludes halogenated alkanes) is 6. The number of nitrogens with zero attached hydrogens (tertiary/aromatic N) is 1. The molecule has 0 unspecified atom stereocenters. The summed E-state index contributed by atoms with van der Waals surface area (Å²) in [5.41, 5.74) is 0.764. The molecule has 6 nitrogen and oxygen atoms in total. The number of carboxylic acid groups (broad SMARTS) is 1. The zero-order chi connectivity index (χ0) is 24.2. The highest BCUT2D eigenvalue weighted by atomic mass is 32.2. The Morgan fingerprint density at radius 1 is 1.12 bits per heavy atom. The smallest absolute Gasteiger partial charge is 0.326 e. The van der Waals surface area contributed by atoms with E-state index in [0.717, 1.165) is 36.6 Å². The van der Waals surface area contributed by atoms with E-state index in [1.54, 1.807) is 13.2 Å². The standard InChI is InChI=1S/C25H35NO5S2/c1-4-6-8-9-10-11-15-31-20-14-13-18(16-21(20)30-3)17-22-23(27)26(25(32)33-22)19(24(28)29)12-7-5-2/h13-14,16-17,19H,4-12,15H2,1-3H3,(H,28,29)/b22-17-/t19-/m0/s1. The quantitative estimate of drug-likeness (QED) is 0.175. The molecule has 2 rings (SSSR count). The van der Waals surface area contributed by atoms with Crippen LogP contribution in [0.1, 0.15) is 77.2 Å². The van der Waals surface area contributed by atoms with Gasteiger partial charge in [0.05, 0.1) is 18.6 Å². The first-order chi connectivity index (χ1) is 15.9. The summed E-state index contributed by atoms with van der Waals surface area (Å²) >= 11 is 6.47. The van der Waals surface area contributed by atoms with Gasteiger partial charge in [-0.3, -0.25) is 9.69 Å². The van der Waals surface area contributed by atoms with Gasteiger partial charge in [0.2, 0.25) is 0 Å². The number of hydrogen-bond acceptors (Lipinski definition) is 6. The van der Waals surface area contributed by atoms with Crippen LogP contribution in [0.3, 0.4) is 0 Å². The number of thioether (sulfide) groups is 1. The van der Waals surface area contributed by atoms with Crippen molar-refractivity contribution in [3.63, 3.8) is 0 Å². The molecule has 8 heteroatoms. The van der Waals surface area contributed by atoms with Crippen molar-refractivity contribution >= 4 is 46.3 Å². The molecule has 0 aromatic heterocycles. The molecular weight excluding hydrogens is 458 g/mol. The first-order valence-electron chi connectivity index (χ1n) is 11.7. The lowest BCUT2D eigenvalue weighted by Gasteiger charge is -2.22. The number of methoxy groups -OCH3 is 1. The molecule has 0 radical (unpaired) electrons. The second-order valence-electron chi connectivity index (χ2n) is 8.07. The number of carboxylic acids is 1. The molecule has 1 aromatic carbocycles. The van der Waals surface area contributed by atoms with Crippen molar-refractivity contribution in [2.45, 2.75) is 77.7 Å². The van der Waals surface area contributed by atoms with Gasteiger partial charge in [-0.15, -0.1) is 0 Å². The average Bonchev–Trinajstić information content (AvgIpc) is 3.06. The van der Waals surface area contributed by atoms with Gasteiger partial charge in [0.15, 0.2) is 11.5 Å². The summed E-state index contributed by atoms with van der Waals surface area (Å²) in [4.78, 5) is 26.3. The predicted molar refractivity (Wildman–Crippen MR) is 138 cm³/mol. The Kier molecular flexibility index (Phi) is 11.7. The van der Waals surface area contributed by atoms with Crippen LogP contribution in [0.5, 0.6) is 11.5 Å². The van der Waals surface area contributed by atoms with Gasteiger partial charge in [0.25, 0.3) is 5.91 Å². The van der Waals surface area contributed by atoms with E-state index in [1.165, 1.54) is 30.6 Å². The average molecular weight is 494 g/mol. The van der Waals surface area contributed by atoms with Crippen molar-refractivity contribution in [2.75, 3.05) is 13.7 Å². The zero-order valence-electron chi connectivity index (χ0n) is 19.8. The molecule has 1 N–H and O–H groups in total. The van der Waals surface area contributed by atoms with Crippen LogP contribution in [0.15, 0.2) is 23.1 Å². The van der Waals surface area contributed by atoms with Crippen LogP contribution >= 0.6 is 24.0 Å². The van der Waals surface area contributed by atoms with Crippen molar-refractivity contribution < 1.29 is 24.2 Å². The van der Waals surface area contributed by atoms with Crippen LogP contribution in [0, 0.1) is 0 Å². The van der Waals surface area contributed by atoms with E-state index in [2.05, 4.69) is 6.92 Å². The van der Waals surface area contributed by atoms with Crippen molar-refractivity contribution in [1.29, 1.82) is 0 Å². The number of aliphatic carboxylic acids is 1. The molecule has 1 aliphatic rings. The molecule has 0 spiro atoms. The second kappa shape index (κ2) is 14.3. The minimum Gasteiger partial charge on any atom is -0.493 e. The highest BCUT2D eigenvalue weighted by Crippen LogP contribution is 2.36. The molecule has 1 atom stereocenters. The van der Waals surface area contributed by atoms with E-state index in [-0.39, 0.29) is 10.2 Å². The lowest BCUT2D eigenvalue weighted by Crippen LogP contribution is -2.43. The largest absolute Gasteiger partial charge is 0.493 e. The Labute approximate surface area is 206 Å². The topological polar surface area (TPSA) is 76.1 Å². The third-order valence-electron chi connectivity index (χ3n) is 5.49. The van der Waals surface area contributed by atoms with E-state index in [1.807, 2.05) is 25.1 Å². The number of carbonyl (C=O) groups is 2. The Balaban J connectivity index is 2.05. The molecular formula is C25H35NO5S2. The molecule has 1 saturated heterocycles. The molecule has 1 fully saturated rings. The first kappa shape index (κ1) is 27.2. The summed E-state index contributed by atoms with van der Waals surface area (Å²) < 4.78 is 11.7. The Morgan fingerprint density at radius 3 is 2.48 bits per heavy atom. The number of benzene rings is 1. The van der Waals surface area contributed by atoms with Crippen LogP contribution in [-0.4, -0.2) is 46.0 Å². The molecule has 0 saturated carbocycles. The number of amides is 1. The monoisotopic (exact) mass is 493 g/mol. The highest BCUT2D eigenvalue weighted by Gasteiger charge is 2.40. The number of carbonyl (C=O) groups excluding carboxylic acids is 1. The van der Waals surface area contributed by atoms with Crippen LogP contribution < -0.4 is 9.47 Å². The summed E-state index contributed by atoms with van der Waals surface area (Å²) in [7, 11) is 1.58. The van der Waals surface area contributed by atoms with E-state index >= 15 is 0 Å². The third-order valence-corrected chi connectivity index (χ3v) is 6.82. The van der Waals surface area contributed by atoms with Gasteiger partial charge in [0, 0.05) is 0 Å². The minimum absolute atomic E-state index is 0.278. The van der Waals surface area contributed by atoms with E-state index in [4.69, 9.17) is 21.7 Å². The van der Waals surface area contributed by atoms with Crippen molar-refractivity contribution in [2.24, 2.45) is 0 Å². The van der Waals surface area contributed by atoms with Crippen LogP contribution in [-0.2, 0) is 9.59 Å². The first-order valence-corrected chi connectivity index (χ1v) is 13.0. The summed E-state index contributed by atoms with van der Waals surface area (Å²) in [6.07, 6.45) is 10.8. The van der Waals surface area contributed by atoms with Crippen LogP contribution in [0.25, 0.3) is 6.08 Å². The van der Waals surface area contributed by atoms with E-state index < -0.39 is 12.0 Å². The summed E-state index contributed by atoms with van der Waals surface area (Å²) in [5.74, 6) is -0.136. The third kappa shape index (κ3) is 8.03. The lowest BCUT2D eigenvalue weighted by molar-refractivity contribution is -0.145. The summed E-state index contributed by atoms with van der Waals surface area (Å²) in [5, 5.41) is 9.60. The molecule has 1 amide bonds. The predicted octanol–water partition coefficient (Wildman–Crippen LogP) is 6.28. The maximum absolute atomic E-state index is 12.9. The maximum atomic E-state index is 12.9. The number of ether oxygens (including phenoxy) is 2. The minimum atomic E-state index is -1.03. The molecule has 1 aromatic rings. The molecule has 182 valence electrons. The van der Waals surface area contributed by atoms with Gasteiger partial charge in [-0.2, -0.15) is 0 Å². The van der Waals surface area contributed by atoms with Gasteiger partial charge >= 0.3 is 5.97 Å². The molecule has 1 aliphatic heterocycles. The van der Waals surface area contributed by atoms with Crippen LogP contribution in [0.2, 0.25) is 0 Å². The summed E-state index contributed by atoms with van der Waals surface area (Å²) in [6.45, 7) is 4.83. The Morgan fingerprint density at radius 2 is 1.82 bits per heavy atom. The fourth-order valence-corrected chi connectivity index (χ4v) is 4.97. The molecule has 33 heavy (non-hydrogen) atoms. The van der Waals surface area contributed by atoms with Gasteiger partial charge in [-0.25, -0.2) is 4.79 Å². The highest BCUT2D eigenvalue weighted by molar-refractivity contribution is 8.26. The van der Waals surface area contributed by atoms with Gasteiger partial charge in [-0.1, -0.05) is 88.8 Å². The van der Waals surface area contributed by atoms with Gasteiger partial charge in [0.1, 0.15) is 10.4 Å². The Hall–Kier alpha value is -2.06. The summed E-state index contributed by atoms with van der Waals surface area (Å²) in [6, 6.07) is 4.58. The maximum Gasteiger partial charge on any atom is 0.326 e. The second-order valence-corrected chi connectivity index (χ2v) is 9.75. The SMILES string of the molecule is CCCCCCCCOc1ccc(/C=C2\SC(=S)N([C@@H](CCCC)C(=O)O)C2=O)cc1OC. The van der Waals surface area contributed by atoms with Gasteiger partial charge < -0.3 is 14.6 Å². The number of thiocarbonyl (C=S) groups is 1. The van der Waals surface area contributed by atoms with Crippen LogP contribution in [0.4, 0.5) is 0 Å². The normalized spacial score (nSPS) is 15.8. The molecule has 0 aliphatic carbocycles. The lowest BCUT2D eigenvalue weighted by atomic mass is 10.1. The Bertz CT molecular complexity index is 855. The van der Waals surface area contributed by atoms with Crippen molar-refractivity contribution in [3.8, 4) is 11.5 Å². The zero-order valence-corrected chi connectivity index (χ0v) is 21.4. The van der Waals surface area contributed by atoms with E-state index in [0.29, 0.717) is 35.9 Å². The molecule has 0 bridgehead atoms. The van der Waals surface area contributed by atoms with Crippen molar-refractivity contribution in [3.05, 3.63) is 28.7 Å². The fourth-order valence-electron chi connectivity index (χ4n) is 3.62. The fraction of sp³-hybridized carbons (Fsp3) is 0.560. The van der Waals surface area contributed by atoms with E-state index in [9.17, 15) is 14.7 Å². The number of hydrogen-bond donors (Lipinski definition) is 1.